The van der Waals surface area contributed by atoms with Crippen LogP contribution in [0.15, 0.2) is 64.5 Å². The molecule has 0 radical (unpaired) electrons. The first kappa shape index (κ1) is 17.8. The Morgan fingerprint density at radius 1 is 1.00 bits per heavy atom. The minimum atomic E-state index is -5.01. The topological polar surface area (TPSA) is 90.2 Å². The summed E-state index contributed by atoms with van der Waals surface area (Å²) in [6, 6.07) is 10.5. The molecular weight excluding hydrogens is 373 g/mol. The summed E-state index contributed by atoms with van der Waals surface area (Å²) in [6.07, 6.45) is -5.01. The van der Waals surface area contributed by atoms with Crippen molar-refractivity contribution < 1.29 is 26.5 Å². The zero-order valence-corrected chi connectivity index (χ0v) is 13.6. The van der Waals surface area contributed by atoms with E-state index in [9.17, 15) is 31.7 Å². The van der Waals surface area contributed by atoms with E-state index in [2.05, 4.69) is 4.98 Å². The fourth-order valence-corrected chi connectivity index (χ4v) is 3.85. The number of nitrogens with zero attached hydrogens (tertiary/aromatic N) is 2. The van der Waals surface area contributed by atoms with Gasteiger partial charge in [-0.3, -0.25) is 10.1 Å². The van der Waals surface area contributed by atoms with Crippen LogP contribution in [0.25, 0.3) is 10.9 Å². The number of sulfone groups is 1. The first-order valence-electron chi connectivity index (χ1n) is 7.08. The first-order valence-corrected chi connectivity index (χ1v) is 8.56. The molecule has 0 N–H and O–H groups in total. The van der Waals surface area contributed by atoms with Gasteiger partial charge >= 0.3 is 6.18 Å². The van der Waals surface area contributed by atoms with Crippen LogP contribution in [0.3, 0.4) is 0 Å². The Hall–Kier alpha value is -3.01. The van der Waals surface area contributed by atoms with Crippen molar-refractivity contribution in [1.29, 1.82) is 0 Å². The summed E-state index contributed by atoms with van der Waals surface area (Å²) in [4.78, 5) is 13.5. The van der Waals surface area contributed by atoms with Crippen molar-refractivity contribution in [3.63, 3.8) is 0 Å². The largest absolute Gasteiger partial charge is 0.419 e. The Kier molecular flexibility index (Phi) is 4.15. The number of benzene rings is 2. The van der Waals surface area contributed by atoms with Crippen molar-refractivity contribution in [1.82, 2.24) is 4.98 Å². The molecule has 0 aliphatic carbocycles. The lowest BCUT2D eigenvalue weighted by Crippen LogP contribution is -2.16. The van der Waals surface area contributed by atoms with Gasteiger partial charge in [-0.05, 0) is 18.2 Å². The van der Waals surface area contributed by atoms with E-state index in [0.717, 1.165) is 18.2 Å². The second-order valence-electron chi connectivity index (χ2n) is 5.26. The Labute approximate surface area is 145 Å². The maximum absolute atomic E-state index is 13.4. The van der Waals surface area contributed by atoms with E-state index in [0.29, 0.717) is 6.07 Å². The average Bonchev–Trinajstić information content (AvgIpc) is 2.59. The van der Waals surface area contributed by atoms with Crippen molar-refractivity contribution in [2.45, 2.75) is 16.1 Å². The molecule has 0 bridgehead atoms. The lowest BCUT2D eigenvalue weighted by atomic mass is 10.1. The van der Waals surface area contributed by atoms with Crippen molar-refractivity contribution in [3.8, 4) is 0 Å². The van der Waals surface area contributed by atoms with Gasteiger partial charge in [-0.15, -0.1) is 0 Å². The minimum Gasteiger partial charge on any atom is -0.258 e. The van der Waals surface area contributed by atoms with Gasteiger partial charge in [0.1, 0.15) is 5.52 Å². The third-order valence-corrected chi connectivity index (χ3v) is 5.31. The molecule has 3 aromatic rings. The van der Waals surface area contributed by atoms with Crippen LogP contribution in [0, 0.1) is 10.1 Å². The number of halogens is 3. The molecule has 1 heterocycles. The zero-order valence-electron chi connectivity index (χ0n) is 12.8. The van der Waals surface area contributed by atoms with Gasteiger partial charge < -0.3 is 0 Å². The third-order valence-electron chi connectivity index (χ3n) is 3.60. The van der Waals surface area contributed by atoms with Crippen LogP contribution in [-0.2, 0) is 16.0 Å². The van der Waals surface area contributed by atoms with E-state index in [1.165, 1.54) is 30.3 Å². The third kappa shape index (κ3) is 2.99. The first-order chi connectivity index (χ1) is 12.1. The number of aromatic nitrogens is 1. The van der Waals surface area contributed by atoms with E-state index < -0.39 is 47.6 Å². The Bertz CT molecular complexity index is 1110. The molecule has 1 aromatic heterocycles. The predicted molar refractivity (Wildman–Crippen MR) is 85.3 cm³/mol. The van der Waals surface area contributed by atoms with Crippen LogP contribution in [-0.4, -0.2) is 18.3 Å². The normalized spacial score (nSPS) is 12.3. The number of pyridine rings is 1. The predicted octanol–water partition coefficient (Wildman–Crippen LogP) is 3.99. The maximum atomic E-state index is 13.4. The van der Waals surface area contributed by atoms with Crippen molar-refractivity contribution in [2.24, 2.45) is 0 Å². The fraction of sp³-hybridized carbons (Fsp3) is 0.0625. The molecule has 6 nitrogen and oxygen atoms in total. The quantitative estimate of drug-likeness (QED) is 0.505. The van der Waals surface area contributed by atoms with Gasteiger partial charge in [0.15, 0.2) is 5.03 Å². The van der Waals surface area contributed by atoms with Gasteiger partial charge in [0.2, 0.25) is 9.84 Å². The van der Waals surface area contributed by atoms with E-state index >= 15 is 0 Å². The van der Waals surface area contributed by atoms with Gasteiger partial charge in [0.25, 0.3) is 5.69 Å². The Morgan fingerprint density at radius 2 is 1.65 bits per heavy atom. The van der Waals surface area contributed by atoms with Crippen LogP contribution < -0.4 is 0 Å². The Morgan fingerprint density at radius 3 is 2.23 bits per heavy atom. The van der Waals surface area contributed by atoms with E-state index in [-0.39, 0.29) is 5.39 Å². The maximum Gasteiger partial charge on any atom is 0.419 e. The number of non-ortho nitro benzene ring substituents is 1. The average molecular weight is 382 g/mol. The second-order valence-corrected chi connectivity index (χ2v) is 7.13. The van der Waals surface area contributed by atoms with Gasteiger partial charge in [0, 0.05) is 11.5 Å². The molecule has 0 atom stereocenters. The summed E-state index contributed by atoms with van der Waals surface area (Å²) in [5, 5.41) is 9.67. The molecule has 0 saturated carbocycles. The van der Waals surface area contributed by atoms with Crippen LogP contribution in [0.1, 0.15) is 5.56 Å². The number of hydrogen-bond donors (Lipinski definition) is 0. The highest BCUT2D eigenvalue weighted by Crippen LogP contribution is 2.38. The molecule has 3 rings (SSSR count). The summed E-state index contributed by atoms with van der Waals surface area (Å²) in [7, 11) is -4.64. The Balaban J connectivity index is 2.43. The van der Waals surface area contributed by atoms with Crippen LogP contribution in [0.2, 0.25) is 0 Å². The molecule has 10 heteroatoms. The van der Waals surface area contributed by atoms with Crippen molar-refractivity contribution >= 4 is 26.4 Å². The van der Waals surface area contributed by atoms with Gasteiger partial charge in [-0.1, -0.05) is 30.3 Å². The second kappa shape index (κ2) is 6.06. The summed E-state index contributed by atoms with van der Waals surface area (Å²) in [5.41, 5.74) is -2.49. The molecule has 26 heavy (non-hydrogen) atoms. The highest BCUT2D eigenvalue weighted by atomic mass is 32.2. The summed E-state index contributed by atoms with van der Waals surface area (Å²) in [6.45, 7) is 0. The number of alkyl halides is 3. The van der Waals surface area contributed by atoms with E-state index in [1.54, 1.807) is 0 Å². The van der Waals surface area contributed by atoms with E-state index in [1.807, 2.05) is 0 Å². The smallest absolute Gasteiger partial charge is 0.258 e. The molecule has 0 aliphatic rings. The van der Waals surface area contributed by atoms with Crippen molar-refractivity contribution in [3.05, 3.63) is 70.3 Å². The number of fused-ring (bicyclic) bond motifs is 1. The molecule has 0 amide bonds. The SMILES string of the molecule is O=[N+]([O-])c1cccc2cc(C(F)(F)F)c(S(=O)(=O)c3ccccc3)nc12. The summed E-state index contributed by atoms with van der Waals surface area (Å²) < 4.78 is 65.7. The van der Waals surface area contributed by atoms with Crippen LogP contribution >= 0.6 is 0 Å². The molecule has 2 aromatic carbocycles. The van der Waals surface area contributed by atoms with E-state index in [4.69, 9.17) is 0 Å². The van der Waals surface area contributed by atoms with Gasteiger partial charge in [0.05, 0.1) is 15.4 Å². The molecule has 0 unspecified atom stereocenters. The number of para-hydroxylation sites is 1. The lowest BCUT2D eigenvalue weighted by Gasteiger charge is -2.14. The summed E-state index contributed by atoms with van der Waals surface area (Å²) in [5.74, 6) is 0. The lowest BCUT2D eigenvalue weighted by molar-refractivity contribution is -0.383. The highest BCUT2D eigenvalue weighted by Gasteiger charge is 2.40. The van der Waals surface area contributed by atoms with Crippen LogP contribution in [0.4, 0.5) is 18.9 Å². The summed E-state index contributed by atoms with van der Waals surface area (Å²) >= 11 is 0. The number of nitro benzene ring substituents is 1. The number of rotatable bonds is 3. The number of nitro groups is 1. The monoisotopic (exact) mass is 382 g/mol. The molecule has 0 spiro atoms. The van der Waals surface area contributed by atoms with Gasteiger partial charge in [-0.2, -0.15) is 13.2 Å². The van der Waals surface area contributed by atoms with Crippen LogP contribution in [0.5, 0.6) is 0 Å². The van der Waals surface area contributed by atoms with Gasteiger partial charge in [-0.25, -0.2) is 13.4 Å². The highest BCUT2D eigenvalue weighted by molar-refractivity contribution is 7.91. The molecule has 134 valence electrons. The number of hydrogen-bond acceptors (Lipinski definition) is 5. The fourth-order valence-electron chi connectivity index (χ4n) is 2.43. The molecule has 0 aliphatic heterocycles. The minimum absolute atomic E-state index is 0.182. The standard InChI is InChI=1S/C16H9F3N2O4S/c17-16(18,19)12-9-10-5-4-8-13(21(22)23)14(10)20-15(12)26(24,25)11-6-2-1-3-7-11/h1-9H. The molecule has 0 saturated heterocycles. The molecule has 0 fully saturated rings. The zero-order chi connectivity index (χ0) is 19.1. The van der Waals surface area contributed by atoms with Crippen molar-refractivity contribution in [2.75, 3.05) is 0 Å². The molecular formula is C16H9F3N2O4S.